The summed E-state index contributed by atoms with van der Waals surface area (Å²) in [6.07, 6.45) is 0. The molecule has 1 aromatic heterocycles. The van der Waals surface area contributed by atoms with Crippen molar-refractivity contribution in [2.75, 3.05) is 0 Å². The first kappa shape index (κ1) is 13.0. The molecule has 0 unspecified atom stereocenters. The number of aryl methyl sites for hydroxylation is 1. The molecule has 0 atom stereocenters. The van der Waals surface area contributed by atoms with E-state index in [4.69, 9.17) is 5.26 Å². The van der Waals surface area contributed by atoms with E-state index in [0.717, 1.165) is 17.0 Å². The van der Waals surface area contributed by atoms with Crippen molar-refractivity contribution in [2.24, 2.45) is 0 Å². The molecule has 0 radical (unpaired) electrons. The Labute approximate surface area is 122 Å². The van der Waals surface area contributed by atoms with Crippen molar-refractivity contribution < 1.29 is 0 Å². The largest absolute Gasteiger partial charge is 0.221 e. The molecule has 3 aromatic rings. The molecule has 0 amide bonds. The highest BCUT2D eigenvalue weighted by Gasteiger charge is 2.09. The lowest BCUT2D eigenvalue weighted by Gasteiger charge is -2.05. The molecule has 5 heteroatoms. The normalized spacial score (nSPS) is 10.3. The average molecular weight is 275 g/mol. The van der Waals surface area contributed by atoms with Crippen LogP contribution in [0.25, 0.3) is 11.4 Å². The Morgan fingerprint density at radius 3 is 2.67 bits per heavy atom. The number of benzene rings is 2. The molecule has 21 heavy (non-hydrogen) atoms. The lowest BCUT2D eigenvalue weighted by molar-refractivity contribution is 0.653. The summed E-state index contributed by atoms with van der Waals surface area (Å²) in [7, 11) is 0. The van der Waals surface area contributed by atoms with Crippen LogP contribution in [0.15, 0.2) is 48.5 Å². The van der Waals surface area contributed by atoms with Crippen LogP contribution in [0.5, 0.6) is 0 Å². The van der Waals surface area contributed by atoms with Crippen LogP contribution in [0, 0.1) is 18.3 Å². The van der Waals surface area contributed by atoms with E-state index in [9.17, 15) is 0 Å². The second kappa shape index (κ2) is 5.55. The van der Waals surface area contributed by atoms with Gasteiger partial charge in [0.25, 0.3) is 0 Å². The fourth-order valence-corrected chi connectivity index (χ4v) is 2.16. The van der Waals surface area contributed by atoms with Crippen molar-refractivity contribution >= 4 is 0 Å². The van der Waals surface area contributed by atoms with Gasteiger partial charge >= 0.3 is 0 Å². The maximum Gasteiger partial charge on any atom is 0.182 e. The van der Waals surface area contributed by atoms with Gasteiger partial charge in [-0.3, -0.25) is 0 Å². The van der Waals surface area contributed by atoms with Gasteiger partial charge in [-0.2, -0.15) is 5.26 Å². The highest BCUT2D eigenvalue weighted by Crippen LogP contribution is 2.18. The van der Waals surface area contributed by atoms with Gasteiger partial charge in [0.2, 0.25) is 0 Å². The van der Waals surface area contributed by atoms with Crippen molar-refractivity contribution in [1.29, 1.82) is 5.26 Å². The second-order valence-corrected chi connectivity index (χ2v) is 4.84. The Morgan fingerprint density at radius 1 is 1.14 bits per heavy atom. The predicted octanol–water partition coefficient (Wildman–Crippen LogP) is 2.57. The summed E-state index contributed by atoms with van der Waals surface area (Å²) in [6.45, 7) is 2.61. The van der Waals surface area contributed by atoms with Gasteiger partial charge < -0.3 is 0 Å². The van der Waals surface area contributed by atoms with E-state index in [0.29, 0.717) is 12.1 Å². The lowest BCUT2D eigenvalue weighted by Crippen LogP contribution is -2.04. The molecule has 0 spiro atoms. The molecule has 0 bridgehead atoms. The second-order valence-electron chi connectivity index (χ2n) is 4.84. The Balaban J connectivity index is 1.90. The number of tetrazole rings is 1. The van der Waals surface area contributed by atoms with Crippen LogP contribution in [-0.2, 0) is 6.54 Å². The smallest absolute Gasteiger partial charge is 0.182 e. The Hall–Kier alpha value is -3.00. The zero-order chi connectivity index (χ0) is 14.7. The molecule has 0 aliphatic carbocycles. The van der Waals surface area contributed by atoms with Crippen LogP contribution in [0.4, 0.5) is 0 Å². The fraction of sp³-hybridized carbons (Fsp3) is 0.125. The van der Waals surface area contributed by atoms with E-state index in [1.807, 2.05) is 37.3 Å². The third-order valence-corrected chi connectivity index (χ3v) is 3.22. The van der Waals surface area contributed by atoms with Gasteiger partial charge in [-0.1, -0.05) is 35.9 Å². The van der Waals surface area contributed by atoms with Gasteiger partial charge in [-0.05, 0) is 41.1 Å². The molecule has 0 fully saturated rings. The molecular weight excluding hydrogens is 262 g/mol. The van der Waals surface area contributed by atoms with Crippen molar-refractivity contribution in [3.63, 3.8) is 0 Å². The minimum absolute atomic E-state index is 0.571. The quantitative estimate of drug-likeness (QED) is 0.736. The van der Waals surface area contributed by atoms with Gasteiger partial charge in [-0.25, -0.2) is 4.68 Å². The minimum atomic E-state index is 0.571. The van der Waals surface area contributed by atoms with Crippen LogP contribution < -0.4 is 0 Å². The van der Waals surface area contributed by atoms with Gasteiger partial charge in [0, 0.05) is 5.56 Å². The number of hydrogen-bond acceptors (Lipinski definition) is 4. The molecule has 5 nitrogen and oxygen atoms in total. The first-order valence-corrected chi connectivity index (χ1v) is 6.58. The molecule has 0 aliphatic heterocycles. The summed E-state index contributed by atoms with van der Waals surface area (Å²) in [5.74, 6) is 0.739. The number of nitrogens with zero attached hydrogens (tertiary/aromatic N) is 5. The molecule has 102 valence electrons. The highest BCUT2D eigenvalue weighted by atomic mass is 15.5. The van der Waals surface area contributed by atoms with Gasteiger partial charge in [0.15, 0.2) is 5.82 Å². The first-order chi connectivity index (χ1) is 10.3. The topological polar surface area (TPSA) is 67.4 Å². The van der Waals surface area contributed by atoms with Crippen molar-refractivity contribution in [1.82, 2.24) is 20.2 Å². The van der Waals surface area contributed by atoms with Crippen LogP contribution in [0.1, 0.15) is 16.7 Å². The molecule has 0 saturated carbocycles. The number of rotatable bonds is 3. The van der Waals surface area contributed by atoms with E-state index in [-0.39, 0.29) is 0 Å². The predicted molar refractivity (Wildman–Crippen MR) is 78.2 cm³/mol. The summed E-state index contributed by atoms with van der Waals surface area (Å²) in [4.78, 5) is 0. The van der Waals surface area contributed by atoms with E-state index in [1.165, 1.54) is 5.56 Å². The molecule has 0 saturated heterocycles. The molecular formula is C16H13N5. The van der Waals surface area contributed by atoms with Crippen molar-refractivity contribution in [3.8, 4) is 17.5 Å². The standard InChI is InChI=1S/C16H13N5/c1-12-3-2-4-15(9-12)16-18-19-20-21(16)11-14-7-5-13(10-17)6-8-14/h2-9H,11H2,1H3. The highest BCUT2D eigenvalue weighted by molar-refractivity contribution is 5.55. The van der Waals surface area contributed by atoms with E-state index in [2.05, 4.69) is 27.7 Å². The third kappa shape index (κ3) is 2.79. The summed E-state index contributed by atoms with van der Waals surface area (Å²) < 4.78 is 1.76. The van der Waals surface area contributed by atoms with E-state index in [1.54, 1.807) is 16.8 Å². The third-order valence-electron chi connectivity index (χ3n) is 3.22. The van der Waals surface area contributed by atoms with E-state index >= 15 is 0 Å². The number of aromatic nitrogens is 4. The minimum Gasteiger partial charge on any atom is -0.221 e. The van der Waals surface area contributed by atoms with E-state index < -0.39 is 0 Å². The molecule has 3 rings (SSSR count). The first-order valence-electron chi connectivity index (χ1n) is 6.58. The SMILES string of the molecule is Cc1cccc(-c2nnnn2Cc2ccc(C#N)cc2)c1. The maximum atomic E-state index is 8.82. The molecule has 0 aliphatic rings. The maximum absolute atomic E-state index is 8.82. The monoisotopic (exact) mass is 275 g/mol. The Kier molecular flexibility index (Phi) is 3.44. The van der Waals surface area contributed by atoms with Crippen LogP contribution in [-0.4, -0.2) is 20.2 Å². The number of nitriles is 1. The Morgan fingerprint density at radius 2 is 1.95 bits per heavy atom. The van der Waals surface area contributed by atoms with Gasteiger partial charge in [0.1, 0.15) is 0 Å². The number of hydrogen-bond donors (Lipinski definition) is 0. The Bertz CT molecular complexity index is 796. The zero-order valence-electron chi connectivity index (χ0n) is 11.6. The van der Waals surface area contributed by atoms with Gasteiger partial charge in [0.05, 0.1) is 18.2 Å². The lowest BCUT2D eigenvalue weighted by atomic mass is 10.1. The zero-order valence-corrected chi connectivity index (χ0v) is 11.6. The molecule has 2 aromatic carbocycles. The molecule has 1 heterocycles. The van der Waals surface area contributed by atoms with Gasteiger partial charge in [-0.15, -0.1) is 5.10 Å². The van der Waals surface area contributed by atoms with Crippen LogP contribution in [0.3, 0.4) is 0 Å². The fourth-order valence-electron chi connectivity index (χ4n) is 2.16. The van der Waals surface area contributed by atoms with Crippen molar-refractivity contribution in [3.05, 3.63) is 65.2 Å². The van der Waals surface area contributed by atoms with Crippen molar-refractivity contribution in [2.45, 2.75) is 13.5 Å². The summed E-state index contributed by atoms with van der Waals surface area (Å²) >= 11 is 0. The molecule has 0 N–H and O–H groups in total. The van der Waals surface area contributed by atoms with Crippen LogP contribution in [0.2, 0.25) is 0 Å². The summed E-state index contributed by atoms with van der Waals surface area (Å²) in [5.41, 5.74) is 3.86. The summed E-state index contributed by atoms with van der Waals surface area (Å²) in [6, 6.07) is 17.6. The average Bonchev–Trinajstić information content (AvgIpc) is 2.96. The van der Waals surface area contributed by atoms with Crippen LogP contribution >= 0.6 is 0 Å². The summed E-state index contributed by atoms with van der Waals surface area (Å²) in [5, 5.41) is 20.7.